The van der Waals surface area contributed by atoms with Crippen molar-refractivity contribution in [1.82, 2.24) is 14.7 Å². The zero-order chi connectivity index (χ0) is 17.5. The molecule has 1 amide bonds. The number of carbonyl (C=O) groups excluding carboxylic acids is 1. The molecule has 0 radical (unpaired) electrons. The van der Waals surface area contributed by atoms with E-state index in [1.165, 1.54) is 0 Å². The number of aryl methyl sites for hydroxylation is 1. The van der Waals surface area contributed by atoms with Gasteiger partial charge in [-0.1, -0.05) is 13.8 Å². The minimum atomic E-state index is -0.353. The molecule has 134 valence electrons. The fourth-order valence-electron chi connectivity index (χ4n) is 4.20. The number of aliphatic hydroxyl groups is 1. The Bertz CT molecular complexity index is 613. The zero-order valence-electron chi connectivity index (χ0n) is 15.2. The fourth-order valence-corrected chi connectivity index (χ4v) is 4.20. The van der Waals surface area contributed by atoms with E-state index in [4.69, 9.17) is 4.74 Å². The molecule has 1 saturated carbocycles. The molecule has 1 saturated heterocycles. The second kappa shape index (κ2) is 6.48. The molecule has 6 heteroatoms. The predicted octanol–water partition coefficient (Wildman–Crippen LogP) is 2.17. The third-order valence-corrected chi connectivity index (χ3v) is 5.73. The van der Waals surface area contributed by atoms with Gasteiger partial charge >= 0.3 is 0 Å². The Morgan fingerprint density at radius 3 is 2.88 bits per heavy atom. The number of aromatic nitrogens is 2. The summed E-state index contributed by atoms with van der Waals surface area (Å²) in [5.41, 5.74) is 1.29. The first-order valence-electron chi connectivity index (χ1n) is 9.03. The summed E-state index contributed by atoms with van der Waals surface area (Å²) in [5, 5.41) is 14.7. The highest BCUT2D eigenvalue weighted by Gasteiger charge is 2.52. The van der Waals surface area contributed by atoms with Crippen LogP contribution in [0.3, 0.4) is 0 Å². The molecule has 2 fully saturated rings. The number of rotatable bonds is 4. The molecule has 0 aromatic carbocycles. The third kappa shape index (κ3) is 2.75. The first-order valence-corrected chi connectivity index (χ1v) is 9.03. The predicted molar refractivity (Wildman–Crippen MR) is 91.0 cm³/mol. The molecule has 1 aliphatic carbocycles. The first-order chi connectivity index (χ1) is 11.4. The van der Waals surface area contributed by atoms with Crippen molar-refractivity contribution in [2.45, 2.75) is 76.7 Å². The van der Waals surface area contributed by atoms with Crippen LogP contribution in [0, 0.1) is 0 Å². The van der Waals surface area contributed by atoms with E-state index >= 15 is 0 Å². The lowest BCUT2D eigenvalue weighted by molar-refractivity contribution is -0.0825. The molecular formula is C18H29N3O3. The standard InChI is InChI=1S/C18H29N3O3/c1-5-21-15(11-14(19-21)12(2)3)17(23)20-9-8-18(24-4)7-6-13(22)10-16(18)20/h11-13,16,22H,5-10H2,1-4H3/t13?,16?,18-/m1/s1. The van der Waals surface area contributed by atoms with Crippen molar-refractivity contribution in [3.63, 3.8) is 0 Å². The van der Waals surface area contributed by atoms with Gasteiger partial charge in [0.15, 0.2) is 0 Å². The molecule has 2 heterocycles. The molecule has 6 nitrogen and oxygen atoms in total. The van der Waals surface area contributed by atoms with Crippen molar-refractivity contribution < 1.29 is 14.6 Å². The first kappa shape index (κ1) is 17.4. The van der Waals surface area contributed by atoms with Gasteiger partial charge in [0.05, 0.1) is 23.4 Å². The number of carbonyl (C=O) groups is 1. The van der Waals surface area contributed by atoms with E-state index in [0.717, 1.165) is 25.0 Å². The molecule has 24 heavy (non-hydrogen) atoms. The number of ether oxygens (including phenoxy) is 1. The molecule has 3 atom stereocenters. The quantitative estimate of drug-likeness (QED) is 0.916. The Kier molecular flexibility index (Phi) is 4.71. The molecular weight excluding hydrogens is 306 g/mol. The topological polar surface area (TPSA) is 67.6 Å². The van der Waals surface area contributed by atoms with Gasteiger partial charge in [0.1, 0.15) is 5.69 Å². The summed E-state index contributed by atoms with van der Waals surface area (Å²) in [6.45, 7) is 7.52. The summed E-state index contributed by atoms with van der Waals surface area (Å²) in [6.07, 6.45) is 2.63. The van der Waals surface area contributed by atoms with E-state index in [-0.39, 0.29) is 29.6 Å². The number of likely N-dealkylation sites (tertiary alicyclic amines) is 1. The largest absolute Gasteiger partial charge is 0.393 e. The monoisotopic (exact) mass is 335 g/mol. The minimum Gasteiger partial charge on any atom is -0.393 e. The average molecular weight is 335 g/mol. The van der Waals surface area contributed by atoms with Crippen molar-refractivity contribution >= 4 is 5.91 Å². The van der Waals surface area contributed by atoms with Crippen LogP contribution in [-0.2, 0) is 11.3 Å². The Morgan fingerprint density at radius 2 is 2.25 bits per heavy atom. The van der Waals surface area contributed by atoms with Crippen molar-refractivity contribution in [3.8, 4) is 0 Å². The second-order valence-corrected chi connectivity index (χ2v) is 7.39. The lowest BCUT2D eigenvalue weighted by Gasteiger charge is -2.42. The third-order valence-electron chi connectivity index (χ3n) is 5.73. The summed E-state index contributed by atoms with van der Waals surface area (Å²) in [5.74, 6) is 0.298. The second-order valence-electron chi connectivity index (χ2n) is 7.39. The van der Waals surface area contributed by atoms with Crippen LogP contribution in [-0.4, -0.2) is 57.1 Å². The Labute approximate surface area is 143 Å². The molecule has 2 unspecified atom stereocenters. The van der Waals surface area contributed by atoms with Crippen LogP contribution in [0.25, 0.3) is 0 Å². The summed E-state index contributed by atoms with van der Waals surface area (Å²) in [4.78, 5) is 15.1. The number of amides is 1. The Hall–Kier alpha value is -1.40. The molecule has 0 spiro atoms. The van der Waals surface area contributed by atoms with Gasteiger partial charge in [0, 0.05) is 20.2 Å². The molecule has 1 N–H and O–H groups in total. The van der Waals surface area contributed by atoms with Gasteiger partial charge in [-0.05, 0) is 44.6 Å². The van der Waals surface area contributed by atoms with E-state index in [9.17, 15) is 9.90 Å². The van der Waals surface area contributed by atoms with E-state index in [1.807, 2.05) is 17.9 Å². The number of aliphatic hydroxyl groups excluding tert-OH is 1. The van der Waals surface area contributed by atoms with Crippen molar-refractivity contribution in [2.75, 3.05) is 13.7 Å². The van der Waals surface area contributed by atoms with E-state index in [0.29, 0.717) is 25.2 Å². The van der Waals surface area contributed by atoms with Gasteiger partial charge < -0.3 is 14.7 Å². The van der Waals surface area contributed by atoms with Gasteiger partial charge in [-0.25, -0.2) is 0 Å². The molecule has 2 aliphatic rings. The van der Waals surface area contributed by atoms with Crippen molar-refractivity contribution in [1.29, 1.82) is 0 Å². The Morgan fingerprint density at radius 1 is 1.50 bits per heavy atom. The number of hydrogen-bond acceptors (Lipinski definition) is 4. The average Bonchev–Trinajstić information content (AvgIpc) is 3.16. The maximum absolute atomic E-state index is 13.2. The van der Waals surface area contributed by atoms with Gasteiger partial charge in [-0.2, -0.15) is 5.10 Å². The molecule has 0 bridgehead atoms. The highest BCUT2D eigenvalue weighted by atomic mass is 16.5. The lowest BCUT2D eigenvalue weighted by atomic mass is 9.79. The van der Waals surface area contributed by atoms with Crippen LogP contribution in [0.5, 0.6) is 0 Å². The SMILES string of the molecule is CCn1nc(C(C)C)cc1C(=O)N1CC[C@]2(OC)CCC(O)CC12. The highest BCUT2D eigenvalue weighted by Crippen LogP contribution is 2.43. The number of hydrogen-bond donors (Lipinski definition) is 1. The van der Waals surface area contributed by atoms with E-state index in [2.05, 4.69) is 18.9 Å². The lowest BCUT2D eigenvalue weighted by Crippen LogP contribution is -2.53. The summed E-state index contributed by atoms with van der Waals surface area (Å²) < 4.78 is 7.64. The van der Waals surface area contributed by atoms with Gasteiger partial charge in [-0.15, -0.1) is 0 Å². The normalized spacial score (nSPS) is 30.0. The van der Waals surface area contributed by atoms with Crippen LogP contribution < -0.4 is 0 Å². The molecule has 1 aliphatic heterocycles. The summed E-state index contributed by atoms with van der Waals surface area (Å²) in [7, 11) is 1.73. The molecule has 1 aromatic rings. The van der Waals surface area contributed by atoms with Crippen LogP contribution in [0.1, 0.15) is 68.6 Å². The van der Waals surface area contributed by atoms with Gasteiger partial charge in [0.2, 0.25) is 0 Å². The number of nitrogens with zero attached hydrogens (tertiary/aromatic N) is 3. The highest BCUT2D eigenvalue weighted by molar-refractivity contribution is 5.93. The molecule has 1 aromatic heterocycles. The zero-order valence-corrected chi connectivity index (χ0v) is 15.2. The van der Waals surface area contributed by atoms with E-state index < -0.39 is 0 Å². The molecule has 3 rings (SSSR count). The summed E-state index contributed by atoms with van der Waals surface area (Å²) in [6, 6.07) is 1.86. The fraction of sp³-hybridized carbons (Fsp3) is 0.778. The Balaban J connectivity index is 1.90. The van der Waals surface area contributed by atoms with Crippen LogP contribution in [0.4, 0.5) is 0 Å². The van der Waals surface area contributed by atoms with Gasteiger partial charge in [-0.3, -0.25) is 9.48 Å². The van der Waals surface area contributed by atoms with Crippen molar-refractivity contribution in [3.05, 3.63) is 17.5 Å². The minimum absolute atomic E-state index is 0.00859. The smallest absolute Gasteiger partial charge is 0.272 e. The van der Waals surface area contributed by atoms with Crippen LogP contribution in [0.2, 0.25) is 0 Å². The number of fused-ring (bicyclic) bond motifs is 1. The maximum Gasteiger partial charge on any atom is 0.272 e. The van der Waals surface area contributed by atoms with Gasteiger partial charge in [0.25, 0.3) is 5.91 Å². The maximum atomic E-state index is 13.2. The van der Waals surface area contributed by atoms with Crippen LogP contribution >= 0.6 is 0 Å². The number of methoxy groups -OCH3 is 1. The van der Waals surface area contributed by atoms with Crippen molar-refractivity contribution in [2.24, 2.45) is 0 Å². The van der Waals surface area contributed by atoms with E-state index in [1.54, 1.807) is 11.8 Å². The van der Waals surface area contributed by atoms with Crippen LogP contribution in [0.15, 0.2) is 6.07 Å². The summed E-state index contributed by atoms with van der Waals surface area (Å²) >= 11 is 0.